The van der Waals surface area contributed by atoms with Crippen LogP contribution in [0.5, 0.6) is 17.2 Å². The van der Waals surface area contributed by atoms with Crippen LogP contribution in [0.15, 0.2) is 76.7 Å². The van der Waals surface area contributed by atoms with E-state index in [2.05, 4.69) is 10.5 Å². The zero-order chi connectivity index (χ0) is 25.4. The predicted molar refractivity (Wildman–Crippen MR) is 134 cm³/mol. The molecule has 0 saturated heterocycles. The molecule has 0 saturated carbocycles. The Balaban J connectivity index is 1.83. The second kappa shape index (κ2) is 11.4. The van der Waals surface area contributed by atoms with Crippen LogP contribution >= 0.6 is 0 Å². The molecule has 1 N–H and O–H groups in total. The summed E-state index contributed by atoms with van der Waals surface area (Å²) in [6.45, 7) is 1.38. The highest BCUT2D eigenvalue weighted by molar-refractivity contribution is 7.92. The van der Waals surface area contributed by atoms with E-state index in [4.69, 9.17) is 14.2 Å². The highest BCUT2D eigenvalue weighted by Gasteiger charge is 2.27. The van der Waals surface area contributed by atoms with Gasteiger partial charge < -0.3 is 14.2 Å². The molecule has 0 aliphatic carbocycles. The van der Waals surface area contributed by atoms with Crippen molar-refractivity contribution in [1.29, 1.82) is 0 Å². The Hall–Kier alpha value is -4.05. The number of carbonyl (C=O) groups is 1. The number of hydrogen-bond acceptors (Lipinski definition) is 7. The lowest BCUT2D eigenvalue weighted by atomic mass is 10.2. The quantitative estimate of drug-likeness (QED) is 0.340. The number of amides is 1. The van der Waals surface area contributed by atoms with Crippen molar-refractivity contribution in [3.63, 3.8) is 0 Å². The summed E-state index contributed by atoms with van der Waals surface area (Å²) in [4.78, 5) is 12.8. The van der Waals surface area contributed by atoms with Gasteiger partial charge >= 0.3 is 0 Å². The molecule has 0 heterocycles. The Labute approximate surface area is 205 Å². The average molecular weight is 498 g/mol. The summed E-state index contributed by atoms with van der Waals surface area (Å²) in [5.74, 6) is 0.671. The molecule has 0 atom stereocenters. The number of sulfonamides is 1. The fraction of sp³-hybridized carbons (Fsp3) is 0.200. The van der Waals surface area contributed by atoms with E-state index < -0.39 is 22.5 Å². The first kappa shape index (κ1) is 25.6. The van der Waals surface area contributed by atoms with Gasteiger partial charge in [-0.05, 0) is 48.9 Å². The third-order valence-electron chi connectivity index (χ3n) is 5.00. The lowest BCUT2D eigenvalue weighted by Gasteiger charge is -2.24. The third-order valence-corrected chi connectivity index (χ3v) is 6.79. The number of benzene rings is 3. The van der Waals surface area contributed by atoms with Crippen molar-refractivity contribution in [2.75, 3.05) is 32.2 Å². The largest absolute Gasteiger partial charge is 0.493 e. The van der Waals surface area contributed by atoms with Gasteiger partial charge in [-0.25, -0.2) is 13.8 Å². The summed E-state index contributed by atoms with van der Waals surface area (Å²) in [6.07, 6.45) is 1.39. The van der Waals surface area contributed by atoms with Gasteiger partial charge in [0.1, 0.15) is 6.54 Å². The van der Waals surface area contributed by atoms with Crippen molar-refractivity contribution in [2.24, 2.45) is 5.10 Å². The molecule has 0 radical (unpaired) electrons. The molecule has 0 aliphatic rings. The summed E-state index contributed by atoms with van der Waals surface area (Å²) in [6, 6.07) is 18.2. The summed E-state index contributed by atoms with van der Waals surface area (Å²) in [5.41, 5.74) is 4.19. The molecule has 9 nitrogen and oxygen atoms in total. The fourth-order valence-corrected chi connectivity index (χ4v) is 4.77. The lowest BCUT2D eigenvalue weighted by molar-refractivity contribution is -0.119. The molecule has 3 aromatic rings. The van der Waals surface area contributed by atoms with Crippen molar-refractivity contribution in [2.45, 2.75) is 11.8 Å². The van der Waals surface area contributed by atoms with E-state index in [0.717, 1.165) is 9.87 Å². The Kier molecular flexibility index (Phi) is 8.32. The number of nitrogens with zero attached hydrogens (tertiary/aromatic N) is 2. The molecule has 35 heavy (non-hydrogen) atoms. The fourth-order valence-electron chi connectivity index (χ4n) is 3.34. The number of rotatable bonds is 10. The van der Waals surface area contributed by atoms with Gasteiger partial charge in [0, 0.05) is 5.56 Å². The maximum absolute atomic E-state index is 13.3. The lowest BCUT2D eigenvalue weighted by Crippen LogP contribution is -2.39. The minimum Gasteiger partial charge on any atom is -0.493 e. The molecule has 3 rings (SSSR count). The van der Waals surface area contributed by atoms with Crippen molar-refractivity contribution in [3.05, 3.63) is 77.9 Å². The molecule has 0 fully saturated rings. The average Bonchev–Trinajstić information content (AvgIpc) is 2.87. The smallest absolute Gasteiger partial charge is 0.264 e. The SMILES string of the molecule is COc1cc(/C=N\NC(=O)CN(c2cccc(C)c2)S(=O)(=O)c2ccccc2)cc(OC)c1OC. The first-order valence-electron chi connectivity index (χ1n) is 10.6. The zero-order valence-corrected chi connectivity index (χ0v) is 20.7. The number of aryl methyl sites for hydroxylation is 1. The van der Waals surface area contributed by atoms with Crippen molar-refractivity contribution in [1.82, 2.24) is 5.43 Å². The highest BCUT2D eigenvalue weighted by atomic mass is 32.2. The Morgan fingerprint density at radius 3 is 2.17 bits per heavy atom. The molecule has 0 bridgehead atoms. The van der Waals surface area contributed by atoms with E-state index in [0.29, 0.717) is 28.5 Å². The van der Waals surface area contributed by atoms with Crippen molar-refractivity contribution >= 4 is 27.8 Å². The van der Waals surface area contributed by atoms with E-state index in [1.54, 1.807) is 48.5 Å². The van der Waals surface area contributed by atoms with Crippen LogP contribution < -0.4 is 23.9 Å². The number of hydrazone groups is 1. The topological polar surface area (TPSA) is 107 Å². The van der Waals surface area contributed by atoms with Gasteiger partial charge in [0.05, 0.1) is 38.1 Å². The van der Waals surface area contributed by atoms with Gasteiger partial charge in [0.25, 0.3) is 15.9 Å². The van der Waals surface area contributed by atoms with E-state index in [1.165, 1.54) is 39.7 Å². The zero-order valence-electron chi connectivity index (χ0n) is 19.9. The summed E-state index contributed by atoms with van der Waals surface area (Å²) >= 11 is 0. The first-order chi connectivity index (χ1) is 16.8. The Morgan fingerprint density at radius 2 is 1.60 bits per heavy atom. The van der Waals surface area contributed by atoms with Gasteiger partial charge in [-0.2, -0.15) is 5.10 Å². The summed E-state index contributed by atoms with van der Waals surface area (Å²) in [5, 5.41) is 3.97. The summed E-state index contributed by atoms with van der Waals surface area (Å²) in [7, 11) is 0.489. The van der Waals surface area contributed by atoms with Crippen LogP contribution in [0.1, 0.15) is 11.1 Å². The van der Waals surface area contributed by atoms with Crippen LogP contribution in [-0.4, -0.2) is 48.4 Å². The number of nitrogens with one attached hydrogen (secondary N) is 1. The first-order valence-corrected chi connectivity index (χ1v) is 12.0. The van der Waals surface area contributed by atoms with Gasteiger partial charge in [-0.1, -0.05) is 30.3 Å². The van der Waals surface area contributed by atoms with Crippen LogP contribution in [-0.2, 0) is 14.8 Å². The minimum absolute atomic E-state index is 0.0789. The predicted octanol–water partition coefficient (Wildman–Crippen LogP) is 3.37. The van der Waals surface area contributed by atoms with Crippen LogP contribution in [0.3, 0.4) is 0 Å². The van der Waals surface area contributed by atoms with Gasteiger partial charge in [0.2, 0.25) is 5.75 Å². The number of methoxy groups -OCH3 is 3. The molecule has 0 unspecified atom stereocenters. The number of hydrogen-bond donors (Lipinski definition) is 1. The minimum atomic E-state index is -4.00. The second-order valence-electron chi connectivity index (χ2n) is 7.42. The van der Waals surface area contributed by atoms with E-state index in [1.807, 2.05) is 13.0 Å². The number of carbonyl (C=O) groups excluding carboxylic acids is 1. The van der Waals surface area contributed by atoms with Crippen molar-refractivity contribution < 1.29 is 27.4 Å². The molecule has 0 spiro atoms. The second-order valence-corrected chi connectivity index (χ2v) is 9.28. The molecule has 1 amide bonds. The van der Waals surface area contributed by atoms with E-state index >= 15 is 0 Å². The Bertz CT molecular complexity index is 1280. The van der Waals surface area contributed by atoms with Gasteiger partial charge in [-0.15, -0.1) is 0 Å². The van der Waals surface area contributed by atoms with Gasteiger partial charge in [-0.3, -0.25) is 9.10 Å². The highest BCUT2D eigenvalue weighted by Crippen LogP contribution is 2.37. The van der Waals surface area contributed by atoms with Crippen LogP contribution in [0.25, 0.3) is 0 Å². The molecule has 0 aliphatic heterocycles. The maximum atomic E-state index is 13.3. The number of ether oxygens (including phenoxy) is 3. The summed E-state index contributed by atoms with van der Waals surface area (Å²) < 4.78 is 43.7. The molecule has 0 aromatic heterocycles. The molecular weight excluding hydrogens is 470 g/mol. The standard InChI is InChI=1S/C25H27N3O6S/c1-18-9-8-10-20(13-18)28(35(30,31)21-11-6-5-7-12-21)17-24(29)27-26-16-19-14-22(32-2)25(34-4)23(15-19)33-3/h5-16H,17H2,1-4H3,(H,27,29)/b26-16-. The van der Waals surface area contributed by atoms with Crippen LogP contribution in [0.2, 0.25) is 0 Å². The van der Waals surface area contributed by atoms with Crippen molar-refractivity contribution in [3.8, 4) is 17.2 Å². The maximum Gasteiger partial charge on any atom is 0.264 e. The monoisotopic (exact) mass is 497 g/mol. The van der Waals surface area contributed by atoms with Crippen LogP contribution in [0, 0.1) is 6.92 Å². The van der Waals surface area contributed by atoms with E-state index in [-0.39, 0.29) is 4.90 Å². The third kappa shape index (κ3) is 6.10. The molecule has 184 valence electrons. The van der Waals surface area contributed by atoms with Crippen LogP contribution in [0.4, 0.5) is 5.69 Å². The van der Waals surface area contributed by atoms with E-state index in [9.17, 15) is 13.2 Å². The molecular formula is C25H27N3O6S. The Morgan fingerprint density at radius 1 is 0.943 bits per heavy atom. The normalized spacial score (nSPS) is 11.2. The molecule has 3 aromatic carbocycles. The number of anilines is 1. The van der Waals surface area contributed by atoms with Gasteiger partial charge in [0.15, 0.2) is 11.5 Å². The molecule has 10 heteroatoms.